The number of aryl methyl sites for hydroxylation is 4. The molecule has 0 bridgehead atoms. The van der Waals surface area contributed by atoms with Crippen molar-refractivity contribution in [2.75, 3.05) is 5.32 Å². The molecular weight excluding hydrogens is 358 g/mol. The smallest absolute Gasteiger partial charge is 0.273 e. The van der Waals surface area contributed by atoms with Gasteiger partial charge in [0.1, 0.15) is 10.7 Å². The summed E-state index contributed by atoms with van der Waals surface area (Å²) in [6.45, 7) is 10.6. The number of anilines is 1. The van der Waals surface area contributed by atoms with Crippen molar-refractivity contribution < 1.29 is 9.59 Å². The summed E-state index contributed by atoms with van der Waals surface area (Å²) in [6.07, 6.45) is 0.948. The van der Waals surface area contributed by atoms with Crippen molar-refractivity contribution in [3.8, 4) is 0 Å². The highest BCUT2D eigenvalue weighted by molar-refractivity contribution is 7.16. The Kier molecular flexibility index (Phi) is 5.11. The molecule has 0 aliphatic heterocycles. The van der Waals surface area contributed by atoms with Crippen LogP contribution in [0.4, 0.5) is 5.00 Å². The van der Waals surface area contributed by atoms with E-state index in [0.717, 1.165) is 33.3 Å². The van der Waals surface area contributed by atoms with Crippen molar-refractivity contribution in [1.29, 1.82) is 0 Å². The van der Waals surface area contributed by atoms with Crippen LogP contribution < -0.4 is 11.1 Å². The summed E-state index contributed by atoms with van der Waals surface area (Å²) in [5.41, 5.74) is 10.6. The van der Waals surface area contributed by atoms with Crippen LogP contribution in [0.5, 0.6) is 0 Å². The molecule has 3 rings (SSSR count). The number of amides is 2. The molecule has 0 saturated heterocycles. The highest BCUT2D eigenvalue weighted by Crippen LogP contribution is 2.33. The molecule has 6 heteroatoms. The van der Waals surface area contributed by atoms with E-state index in [0.29, 0.717) is 22.8 Å². The SMILES string of the molecule is CCc1ccc2c(c1)c(C)c(C(=O)Nc1sc(C)c(C)c1C(N)=O)n2CC. The Hall–Kier alpha value is -2.60. The van der Waals surface area contributed by atoms with Gasteiger partial charge in [0.25, 0.3) is 11.8 Å². The van der Waals surface area contributed by atoms with Crippen LogP contribution in [0.2, 0.25) is 0 Å². The number of nitrogens with zero attached hydrogens (tertiary/aromatic N) is 1. The topological polar surface area (TPSA) is 77.1 Å². The van der Waals surface area contributed by atoms with E-state index in [1.165, 1.54) is 16.9 Å². The van der Waals surface area contributed by atoms with E-state index in [2.05, 4.69) is 30.4 Å². The first-order valence-corrected chi connectivity index (χ1v) is 9.94. The molecule has 142 valence electrons. The van der Waals surface area contributed by atoms with Gasteiger partial charge < -0.3 is 15.6 Å². The van der Waals surface area contributed by atoms with Crippen molar-refractivity contribution in [2.24, 2.45) is 5.73 Å². The van der Waals surface area contributed by atoms with Gasteiger partial charge in [-0.25, -0.2) is 0 Å². The fourth-order valence-corrected chi connectivity index (χ4v) is 4.65. The molecule has 0 unspecified atom stereocenters. The number of hydrogen-bond donors (Lipinski definition) is 2. The number of carbonyl (C=O) groups is 2. The molecular formula is C21H25N3O2S. The minimum absolute atomic E-state index is 0.215. The first kappa shape index (κ1) is 19.2. The Morgan fingerprint density at radius 1 is 1.15 bits per heavy atom. The Labute approximate surface area is 163 Å². The molecule has 0 aliphatic carbocycles. The van der Waals surface area contributed by atoms with E-state index in [4.69, 9.17) is 5.73 Å². The minimum Gasteiger partial charge on any atom is -0.365 e. The summed E-state index contributed by atoms with van der Waals surface area (Å²) in [7, 11) is 0. The second kappa shape index (κ2) is 7.19. The molecule has 3 N–H and O–H groups in total. The molecule has 27 heavy (non-hydrogen) atoms. The van der Waals surface area contributed by atoms with E-state index in [1.807, 2.05) is 32.3 Å². The summed E-state index contributed by atoms with van der Waals surface area (Å²) in [5, 5.41) is 4.54. The zero-order valence-corrected chi connectivity index (χ0v) is 17.2. The first-order valence-electron chi connectivity index (χ1n) is 9.12. The second-order valence-electron chi connectivity index (χ2n) is 6.73. The zero-order valence-electron chi connectivity index (χ0n) is 16.4. The lowest BCUT2D eigenvalue weighted by Crippen LogP contribution is -2.20. The second-order valence-corrected chi connectivity index (χ2v) is 7.95. The number of hydrogen-bond acceptors (Lipinski definition) is 3. The zero-order chi connectivity index (χ0) is 19.9. The van der Waals surface area contributed by atoms with Crippen LogP contribution in [-0.2, 0) is 13.0 Å². The maximum absolute atomic E-state index is 13.2. The van der Waals surface area contributed by atoms with Crippen LogP contribution >= 0.6 is 11.3 Å². The van der Waals surface area contributed by atoms with Crippen molar-refractivity contribution in [1.82, 2.24) is 4.57 Å². The summed E-state index contributed by atoms with van der Waals surface area (Å²) in [6, 6.07) is 6.34. The molecule has 1 aromatic carbocycles. The predicted octanol–water partition coefficient (Wildman–Crippen LogP) is 4.56. The van der Waals surface area contributed by atoms with Gasteiger partial charge in [-0.2, -0.15) is 0 Å². The largest absolute Gasteiger partial charge is 0.365 e. The highest BCUT2D eigenvalue weighted by atomic mass is 32.1. The maximum Gasteiger partial charge on any atom is 0.273 e. The first-order chi connectivity index (χ1) is 12.8. The molecule has 2 heterocycles. The Morgan fingerprint density at radius 2 is 1.85 bits per heavy atom. The van der Waals surface area contributed by atoms with E-state index in [9.17, 15) is 9.59 Å². The maximum atomic E-state index is 13.2. The summed E-state index contributed by atoms with van der Waals surface area (Å²) >= 11 is 1.38. The molecule has 0 spiro atoms. The molecule has 0 fully saturated rings. The van der Waals surface area contributed by atoms with Gasteiger partial charge in [-0.05, 0) is 62.9 Å². The average Bonchev–Trinajstić information content (AvgIpc) is 3.07. The van der Waals surface area contributed by atoms with Crippen molar-refractivity contribution in [3.05, 3.63) is 51.0 Å². The fraction of sp³-hybridized carbons (Fsp3) is 0.333. The van der Waals surface area contributed by atoms with Crippen molar-refractivity contribution >= 4 is 39.1 Å². The summed E-state index contributed by atoms with van der Waals surface area (Å²) in [4.78, 5) is 26.0. The van der Waals surface area contributed by atoms with Crippen LogP contribution in [0.15, 0.2) is 18.2 Å². The molecule has 0 radical (unpaired) electrons. The van der Waals surface area contributed by atoms with Gasteiger partial charge in [0, 0.05) is 22.3 Å². The van der Waals surface area contributed by atoms with Gasteiger partial charge in [0.15, 0.2) is 0 Å². The van der Waals surface area contributed by atoms with Crippen LogP contribution in [-0.4, -0.2) is 16.4 Å². The quantitative estimate of drug-likeness (QED) is 0.677. The van der Waals surface area contributed by atoms with Gasteiger partial charge in [-0.15, -0.1) is 11.3 Å². The molecule has 3 aromatic rings. The van der Waals surface area contributed by atoms with Gasteiger partial charge in [0.2, 0.25) is 0 Å². The van der Waals surface area contributed by atoms with Gasteiger partial charge in [0.05, 0.1) is 5.56 Å². The molecule has 0 aliphatic rings. The number of rotatable bonds is 5. The lowest BCUT2D eigenvalue weighted by atomic mass is 10.1. The molecule has 0 saturated carbocycles. The van der Waals surface area contributed by atoms with Crippen LogP contribution in [0, 0.1) is 20.8 Å². The van der Waals surface area contributed by atoms with Gasteiger partial charge in [-0.1, -0.05) is 13.0 Å². The monoisotopic (exact) mass is 383 g/mol. The summed E-state index contributed by atoms with van der Waals surface area (Å²) < 4.78 is 2.02. The van der Waals surface area contributed by atoms with E-state index >= 15 is 0 Å². The Morgan fingerprint density at radius 3 is 2.44 bits per heavy atom. The number of nitrogens with one attached hydrogen (secondary N) is 1. The minimum atomic E-state index is -0.521. The van der Waals surface area contributed by atoms with Crippen molar-refractivity contribution in [2.45, 2.75) is 47.6 Å². The number of thiophene rings is 1. The highest BCUT2D eigenvalue weighted by Gasteiger charge is 2.23. The van der Waals surface area contributed by atoms with Gasteiger partial charge in [-0.3, -0.25) is 9.59 Å². The van der Waals surface area contributed by atoms with Crippen LogP contribution in [0.3, 0.4) is 0 Å². The Balaban J connectivity index is 2.10. The van der Waals surface area contributed by atoms with Crippen molar-refractivity contribution in [3.63, 3.8) is 0 Å². The number of primary amides is 1. The number of benzene rings is 1. The number of carbonyl (C=O) groups excluding carboxylic acids is 2. The van der Waals surface area contributed by atoms with E-state index in [-0.39, 0.29) is 5.91 Å². The molecule has 2 aromatic heterocycles. The average molecular weight is 384 g/mol. The Bertz CT molecular complexity index is 1060. The molecule has 5 nitrogen and oxygen atoms in total. The number of fused-ring (bicyclic) bond motifs is 1. The fourth-order valence-electron chi connectivity index (χ4n) is 3.58. The predicted molar refractivity (Wildman–Crippen MR) is 112 cm³/mol. The number of nitrogens with two attached hydrogens (primary N) is 1. The van der Waals surface area contributed by atoms with E-state index < -0.39 is 5.91 Å². The van der Waals surface area contributed by atoms with Gasteiger partial charge >= 0.3 is 0 Å². The third-order valence-electron chi connectivity index (χ3n) is 5.18. The third kappa shape index (κ3) is 3.14. The molecule has 0 atom stereocenters. The van der Waals surface area contributed by atoms with Crippen LogP contribution in [0.25, 0.3) is 10.9 Å². The molecule has 2 amide bonds. The number of aromatic nitrogens is 1. The summed E-state index contributed by atoms with van der Waals surface area (Å²) in [5.74, 6) is -0.736. The lowest BCUT2D eigenvalue weighted by molar-refractivity contribution is 0.100. The van der Waals surface area contributed by atoms with E-state index in [1.54, 1.807) is 0 Å². The lowest BCUT2D eigenvalue weighted by Gasteiger charge is -2.10. The normalized spacial score (nSPS) is 11.1. The third-order valence-corrected chi connectivity index (χ3v) is 6.30. The van der Waals surface area contributed by atoms with Crippen LogP contribution in [0.1, 0.15) is 56.3 Å². The standard InChI is InChI=1S/C21H25N3O2S/c1-6-14-8-9-16-15(10-14)12(4)18(24(16)7-2)20(26)23-21-17(19(22)25)11(3)13(5)27-21/h8-10H,6-7H2,1-5H3,(H2,22,25)(H,23,26).